The molecule has 0 bridgehead atoms. The monoisotopic (exact) mass is 213 g/mol. The molecule has 2 saturated heterocycles. The molecule has 1 N–H and O–H groups in total. The van der Waals surface area contributed by atoms with Gasteiger partial charge in [-0.1, -0.05) is 13.8 Å². The zero-order chi connectivity index (χ0) is 10.8. The van der Waals surface area contributed by atoms with Crippen LogP contribution in [0.2, 0.25) is 0 Å². The van der Waals surface area contributed by atoms with E-state index in [9.17, 15) is 4.79 Å². The largest absolute Gasteiger partial charge is 0.366 e. The minimum Gasteiger partial charge on any atom is -0.366 e. The number of carbonyl (C=O) groups is 1. The zero-order valence-corrected chi connectivity index (χ0v) is 9.40. The fourth-order valence-electron chi connectivity index (χ4n) is 1.40. The molecular weight excluding hydrogens is 194 g/mol. The zero-order valence-electron chi connectivity index (χ0n) is 9.40. The number of nitrogens with one attached hydrogen (secondary N) is 1. The van der Waals surface area contributed by atoms with Crippen molar-refractivity contribution in [2.75, 3.05) is 26.2 Å². The number of rotatable bonds is 6. The predicted octanol–water partition coefficient (Wildman–Crippen LogP) is -0.00490. The Labute approximate surface area is 90.3 Å². The molecule has 2 rings (SSSR count). The molecule has 0 aromatic heterocycles. The minimum absolute atomic E-state index is 0.145. The third-order valence-electron chi connectivity index (χ3n) is 2.40. The third-order valence-corrected chi connectivity index (χ3v) is 2.40. The van der Waals surface area contributed by atoms with Crippen LogP contribution in [0.5, 0.6) is 0 Å². The highest BCUT2D eigenvalue weighted by atomic mass is 16.7. The Kier molecular flexibility index (Phi) is 3.23. The van der Waals surface area contributed by atoms with Crippen molar-refractivity contribution in [1.82, 2.24) is 15.5 Å². The number of hydroxylamine groups is 2. The second-order valence-electron chi connectivity index (χ2n) is 4.64. The number of hydrogen-bond donors (Lipinski definition) is 1. The Hall–Kier alpha value is -0.650. The lowest BCUT2D eigenvalue weighted by molar-refractivity contribution is -0.170. The molecule has 0 spiro atoms. The van der Waals surface area contributed by atoms with Gasteiger partial charge in [0.2, 0.25) is 0 Å². The van der Waals surface area contributed by atoms with Crippen molar-refractivity contribution in [1.29, 1.82) is 0 Å². The Morgan fingerprint density at radius 3 is 2.47 bits per heavy atom. The highest BCUT2D eigenvalue weighted by Gasteiger charge is 2.31. The molecule has 2 fully saturated rings. The molecule has 1 atom stereocenters. The smallest absolute Gasteiger partial charge is 0.343 e. The summed E-state index contributed by atoms with van der Waals surface area (Å²) >= 11 is 0. The molecule has 0 amide bonds. The molecule has 0 saturated carbocycles. The van der Waals surface area contributed by atoms with Gasteiger partial charge in [0.1, 0.15) is 6.04 Å². The molecular formula is C10H19N3O2. The van der Waals surface area contributed by atoms with Crippen LogP contribution in [0.3, 0.4) is 0 Å². The van der Waals surface area contributed by atoms with Gasteiger partial charge in [-0.3, -0.25) is 0 Å². The number of nitrogens with zero attached hydrogens (tertiary/aromatic N) is 2. The van der Waals surface area contributed by atoms with Crippen LogP contribution in [0.15, 0.2) is 0 Å². The summed E-state index contributed by atoms with van der Waals surface area (Å²) in [6.45, 7) is 8.05. The highest BCUT2D eigenvalue weighted by Crippen LogP contribution is 2.12. The molecule has 86 valence electrons. The predicted molar refractivity (Wildman–Crippen MR) is 55.6 cm³/mol. The van der Waals surface area contributed by atoms with Gasteiger partial charge in [-0.25, -0.2) is 15.2 Å². The molecule has 0 aliphatic carbocycles. The van der Waals surface area contributed by atoms with E-state index in [-0.39, 0.29) is 12.0 Å². The van der Waals surface area contributed by atoms with Crippen molar-refractivity contribution in [2.45, 2.75) is 26.3 Å². The first kappa shape index (κ1) is 10.9. The summed E-state index contributed by atoms with van der Waals surface area (Å²) in [5.74, 6) is 0.345. The third kappa shape index (κ3) is 3.77. The Morgan fingerprint density at radius 2 is 2.00 bits per heavy atom. The lowest BCUT2D eigenvalue weighted by atomic mass is 10.0. The van der Waals surface area contributed by atoms with Crippen molar-refractivity contribution >= 4 is 5.97 Å². The van der Waals surface area contributed by atoms with Crippen LogP contribution in [0.25, 0.3) is 0 Å². The van der Waals surface area contributed by atoms with Gasteiger partial charge in [0.15, 0.2) is 0 Å². The lowest BCUT2D eigenvalue weighted by Gasteiger charge is -2.19. The quantitative estimate of drug-likeness (QED) is 0.629. The van der Waals surface area contributed by atoms with E-state index in [0.717, 1.165) is 32.6 Å². The van der Waals surface area contributed by atoms with Crippen molar-refractivity contribution in [3.05, 3.63) is 0 Å². The standard InChI is InChI=1S/C10H19N3O2/c1-8(2)7-9(11-12-3-4-12)10(14)15-13-5-6-13/h8-9,11H,3-7H2,1-2H3/t9-/m0/s1. The fourth-order valence-corrected chi connectivity index (χ4v) is 1.40. The fraction of sp³-hybridized carbons (Fsp3) is 0.900. The number of hydrazine groups is 1. The average molecular weight is 213 g/mol. The molecule has 0 aromatic carbocycles. The van der Waals surface area contributed by atoms with E-state index in [4.69, 9.17) is 4.84 Å². The average Bonchev–Trinajstić information content (AvgIpc) is 2.94. The van der Waals surface area contributed by atoms with Crippen molar-refractivity contribution < 1.29 is 9.63 Å². The van der Waals surface area contributed by atoms with Crippen LogP contribution in [0.1, 0.15) is 20.3 Å². The molecule has 0 radical (unpaired) electrons. The normalized spacial score (nSPS) is 22.9. The van der Waals surface area contributed by atoms with Gasteiger partial charge in [0, 0.05) is 13.1 Å². The maximum atomic E-state index is 11.7. The van der Waals surface area contributed by atoms with Crippen LogP contribution < -0.4 is 5.43 Å². The molecule has 5 nitrogen and oxygen atoms in total. The van der Waals surface area contributed by atoms with Gasteiger partial charge in [0.25, 0.3) is 0 Å². The Bertz CT molecular complexity index is 233. The summed E-state index contributed by atoms with van der Waals surface area (Å²) < 4.78 is 0. The van der Waals surface area contributed by atoms with Crippen molar-refractivity contribution in [3.8, 4) is 0 Å². The second kappa shape index (κ2) is 4.47. The molecule has 0 aromatic rings. The van der Waals surface area contributed by atoms with Crippen LogP contribution in [-0.2, 0) is 9.63 Å². The topological polar surface area (TPSA) is 44.4 Å². The summed E-state index contributed by atoms with van der Waals surface area (Å²) in [5.41, 5.74) is 3.19. The lowest BCUT2D eigenvalue weighted by Crippen LogP contribution is -2.42. The van der Waals surface area contributed by atoms with Crippen LogP contribution in [-0.4, -0.2) is 48.3 Å². The van der Waals surface area contributed by atoms with E-state index >= 15 is 0 Å². The van der Waals surface area contributed by atoms with E-state index in [2.05, 4.69) is 19.3 Å². The molecule has 2 aliphatic heterocycles. The van der Waals surface area contributed by atoms with Gasteiger partial charge in [-0.05, 0) is 12.3 Å². The van der Waals surface area contributed by atoms with Gasteiger partial charge in [-0.2, -0.15) is 0 Å². The van der Waals surface area contributed by atoms with Crippen LogP contribution >= 0.6 is 0 Å². The number of carbonyl (C=O) groups excluding carboxylic acids is 1. The first-order valence-corrected chi connectivity index (χ1v) is 5.63. The maximum absolute atomic E-state index is 11.7. The minimum atomic E-state index is -0.187. The first-order chi connectivity index (χ1) is 7.15. The molecule has 0 unspecified atom stereocenters. The van der Waals surface area contributed by atoms with E-state index in [1.54, 1.807) is 5.06 Å². The van der Waals surface area contributed by atoms with E-state index < -0.39 is 0 Å². The van der Waals surface area contributed by atoms with Gasteiger partial charge < -0.3 is 4.84 Å². The molecule has 15 heavy (non-hydrogen) atoms. The molecule has 2 heterocycles. The maximum Gasteiger partial charge on any atom is 0.343 e. The van der Waals surface area contributed by atoms with Gasteiger partial charge in [0.05, 0.1) is 13.1 Å². The molecule has 5 heteroatoms. The summed E-state index contributed by atoms with van der Waals surface area (Å²) in [5, 5.41) is 3.72. The van der Waals surface area contributed by atoms with Crippen LogP contribution in [0, 0.1) is 5.92 Å². The van der Waals surface area contributed by atoms with Crippen molar-refractivity contribution in [3.63, 3.8) is 0 Å². The highest BCUT2D eigenvalue weighted by molar-refractivity contribution is 5.75. The Morgan fingerprint density at radius 1 is 1.33 bits per heavy atom. The second-order valence-corrected chi connectivity index (χ2v) is 4.64. The van der Waals surface area contributed by atoms with Crippen molar-refractivity contribution in [2.24, 2.45) is 5.92 Å². The molecule has 2 aliphatic rings. The summed E-state index contributed by atoms with van der Waals surface area (Å²) in [7, 11) is 0. The first-order valence-electron chi connectivity index (χ1n) is 5.63. The summed E-state index contributed by atoms with van der Waals surface area (Å²) in [4.78, 5) is 16.9. The van der Waals surface area contributed by atoms with Crippen LogP contribution in [0.4, 0.5) is 0 Å². The number of hydrogen-bond acceptors (Lipinski definition) is 5. The van der Waals surface area contributed by atoms with E-state index in [1.165, 1.54) is 0 Å². The SMILES string of the molecule is CC(C)C[C@H](NN1CC1)C(=O)ON1CC1. The summed E-state index contributed by atoms with van der Waals surface area (Å²) in [6, 6.07) is -0.187. The van der Waals surface area contributed by atoms with E-state index in [1.807, 2.05) is 5.01 Å². The van der Waals surface area contributed by atoms with Gasteiger partial charge >= 0.3 is 5.97 Å². The summed E-state index contributed by atoms with van der Waals surface area (Å²) in [6.07, 6.45) is 0.823. The van der Waals surface area contributed by atoms with Gasteiger partial charge in [-0.15, -0.1) is 5.06 Å². The Balaban J connectivity index is 1.80. The van der Waals surface area contributed by atoms with E-state index in [0.29, 0.717) is 5.92 Å².